The molecule has 0 fully saturated rings. The van der Waals surface area contributed by atoms with E-state index in [2.05, 4.69) is 25.6 Å². The molecule has 0 unspecified atom stereocenters. The lowest BCUT2D eigenvalue weighted by molar-refractivity contribution is 0.0270. The van der Waals surface area contributed by atoms with Gasteiger partial charge in [0.1, 0.15) is 39.4 Å². The maximum Gasteiger partial charge on any atom is 0.437 e. The number of carbonyl (C=O) groups excluding carboxylic acids is 6. The molecule has 1 aliphatic rings. The maximum absolute atomic E-state index is 14.3. The normalized spacial score (nSPS) is 13.7. The van der Waals surface area contributed by atoms with Crippen molar-refractivity contribution < 1.29 is 57.2 Å². The monoisotopic (exact) mass is 1010 g/mol. The number of alkyl carbamates (subject to hydrolysis) is 2. The summed E-state index contributed by atoms with van der Waals surface area (Å²) in [6.07, 6.45) is 0.152. The molecule has 0 saturated carbocycles. The number of rotatable bonds is 13. The number of nitrogens with zero attached hydrogens (tertiary/aromatic N) is 6. The molecule has 2 rings (SSSR count). The Morgan fingerprint density at radius 1 is 0.569 bits per heavy atom. The molecular formula is C52H86N8O12. The zero-order chi connectivity index (χ0) is 54.9. The Morgan fingerprint density at radius 3 is 1.49 bits per heavy atom. The van der Waals surface area contributed by atoms with Gasteiger partial charge in [-0.3, -0.25) is 25.5 Å². The van der Waals surface area contributed by atoms with Crippen LogP contribution in [0.3, 0.4) is 0 Å². The molecule has 1 aromatic rings. The second kappa shape index (κ2) is 26.7. The maximum atomic E-state index is 14.3. The summed E-state index contributed by atoms with van der Waals surface area (Å²) in [6, 6.07) is 7.40. The fourth-order valence-corrected chi connectivity index (χ4v) is 6.41. The number of benzene rings is 1. The first-order chi connectivity index (χ1) is 32.9. The molecule has 1 heterocycles. The molecular weight excluding hydrogens is 929 g/mol. The van der Waals surface area contributed by atoms with Gasteiger partial charge in [0.25, 0.3) is 0 Å². The number of nitrogens with one attached hydrogen (secondary N) is 2. The Labute approximate surface area is 428 Å². The van der Waals surface area contributed by atoms with E-state index in [4.69, 9.17) is 28.4 Å². The van der Waals surface area contributed by atoms with E-state index in [0.29, 0.717) is 50.2 Å². The number of aliphatic imine (C=N–C) groups is 3. The summed E-state index contributed by atoms with van der Waals surface area (Å²) < 4.78 is 33.7. The first kappa shape index (κ1) is 62.2. The van der Waals surface area contributed by atoms with Crippen LogP contribution in [-0.4, -0.2) is 135 Å². The molecule has 406 valence electrons. The molecule has 0 aliphatic carbocycles. The first-order valence-electron chi connectivity index (χ1n) is 24.9. The van der Waals surface area contributed by atoms with Gasteiger partial charge in [0.15, 0.2) is 0 Å². The van der Waals surface area contributed by atoms with Crippen molar-refractivity contribution in [1.29, 1.82) is 0 Å². The van der Waals surface area contributed by atoms with E-state index in [9.17, 15) is 28.8 Å². The van der Waals surface area contributed by atoms with Crippen molar-refractivity contribution in [3.8, 4) is 0 Å². The molecule has 0 aromatic heterocycles. The third-order valence-corrected chi connectivity index (χ3v) is 9.10. The average Bonchev–Trinajstić information content (AvgIpc) is 3.17. The quantitative estimate of drug-likeness (QED) is 0.0814. The van der Waals surface area contributed by atoms with Crippen LogP contribution in [0.25, 0.3) is 0 Å². The van der Waals surface area contributed by atoms with Crippen molar-refractivity contribution in [2.24, 2.45) is 15.0 Å². The molecule has 20 nitrogen and oxygen atoms in total. The van der Waals surface area contributed by atoms with Crippen LogP contribution in [0, 0.1) is 0 Å². The predicted molar refractivity (Wildman–Crippen MR) is 277 cm³/mol. The summed E-state index contributed by atoms with van der Waals surface area (Å²) in [5.41, 5.74) is -3.63. The minimum absolute atomic E-state index is 0.0150. The van der Waals surface area contributed by atoms with Gasteiger partial charge in [0.05, 0.1) is 0 Å². The third-order valence-electron chi connectivity index (χ3n) is 9.10. The Morgan fingerprint density at radius 2 is 1.01 bits per heavy atom. The molecule has 0 atom stereocenters. The smallest absolute Gasteiger partial charge is 0.437 e. The second-order valence-corrected chi connectivity index (χ2v) is 23.4. The fourth-order valence-electron chi connectivity index (χ4n) is 6.41. The lowest BCUT2D eigenvalue weighted by atomic mass is 10.1. The van der Waals surface area contributed by atoms with Crippen LogP contribution >= 0.6 is 0 Å². The van der Waals surface area contributed by atoms with E-state index in [0.717, 1.165) is 29.7 Å². The molecule has 2 N–H and O–H groups in total. The minimum Gasteiger partial charge on any atom is -0.444 e. The Hall–Kier alpha value is -5.95. The van der Waals surface area contributed by atoms with Crippen LogP contribution < -0.4 is 10.6 Å². The number of hydrogen-bond acceptors (Lipinski definition) is 14. The van der Waals surface area contributed by atoms with Crippen LogP contribution in [0.2, 0.25) is 0 Å². The number of carbonyl (C=O) groups is 6. The van der Waals surface area contributed by atoms with Gasteiger partial charge >= 0.3 is 36.6 Å². The van der Waals surface area contributed by atoms with Crippen molar-refractivity contribution in [1.82, 2.24) is 25.3 Å². The van der Waals surface area contributed by atoms with Crippen LogP contribution in [0.15, 0.2) is 39.2 Å². The number of amides is 6. The van der Waals surface area contributed by atoms with Crippen molar-refractivity contribution >= 4 is 54.3 Å². The van der Waals surface area contributed by atoms with Gasteiger partial charge in [-0.15, -0.1) is 4.99 Å². The molecule has 6 amide bonds. The van der Waals surface area contributed by atoms with Gasteiger partial charge < -0.3 is 28.4 Å². The molecule has 0 saturated heterocycles. The predicted octanol–water partition coefficient (Wildman–Crippen LogP) is 11.1. The Kier molecular flexibility index (Phi) is 23.0. The zero-order valence-electron chi connectivity index (χ0n) is 46.6. The largest absolute Gasteiger partial charge is 0.444 e. The lowest BCUT2D eigenvalue weighted by Gasteiger charge is -2.34. The molecule has 0 radical (unpaired) electrons. The highest BCUT2D eigenvalue weighted by Crippen LogP contribution is 2.21. The van der Waals surface area contributed by atoms with Gasteiger partial charge in [-0.2, -0.15) is 0 Å². The van der Waals surface area contributed by atoms with Crippen LogP contribution in [0.5, 0.6) is 0 Å². The summed E-state index contributed by atoms with van der Waals surface area (Å²) in [5.74, 6) is 0.0862. The fraction of sp³-hybridized carbons (Fsp3) is 0.712. The van der Waals surface area contributed by atoms with Gasteiger partial charge in [-0.05, 0) is 156 Å². The van der Waals surface area contributed by atoms with Crippen molar-refractivity contribution in [3.63, 3.8) is 0 Å². The van der Waals surface area contributed by atoms with Crippen LogP contribution in [-0.2, 0) is 34.8 Å². The summed E-state index contributed by atoms with van der Waals surface area (Å²) in [7, 11) is 0. The highest BCUT2D eigenvalue weighted by molar-refractivity contribution is 6.07. The van der Waals surface area contributed by atoms with Crippen LogP contribution in [0.1, 0.15) is 181 Å². The van der Waals surface area contributed by atoms with E-state index in [-0.39, 0.29) is 38.0 Å². The standard InChI is InChI=1S/C52H86N8O12/c1-47(2,3)67-41(61)55-39(56-42(62)68-48(4,5)6)54-31-23-21-19-20-22-24-33-59(45(65)71-51(13,14)15)40(57-43(63)69-49(7,8)9)60(46(66)72-52(16,17)18)35-30-36-26-28-37(29-27-36)38-53-32-25-34-58(38)44(64)70-50(10,11)12/h26-29H,19-25,30-35H2,1-18H3,(H2,54,55,56,61,62). The second-order valence-electron chi connectivity index (χ2n) is 23.4. The lowest BCUT2D eigenvalue weighted by Crippen LogP contribution is -2.53. The van der Waals surface area contributed by atoms with E-state index in [1.54, 1.807) is 104 Å². The number of guanidine groups is 2. The van der Waals surface area contributed by atoms with Gasteiger partial charge in [0, 0.05) is 38.3 Å². The van der Waals surface area contributed by atoms with Gasteiger partial charge in [-0.25, -0.2) is 38.6 Å². The molecule has 72 heavy (non-hydrogen) atoms. The van der Waals surface area contributed by atoms with Crippen molar-refractivity contribution in [3.05, 3.63) is 35.4 Å². The van der Waals surface area contributed by atoms with Gasteiger partial charge in [0.2, 0.25) is 11.9 Å². The summed E-state index contributed by atoms with van der Waals surface area (Å²) in [5, 5.41) is 4.97. The summed E-state index contributed by atoms with van der Waals surface area (Å²) >= 11 is 0. The SMILES string of the molecule is CC(C)(C)OC(=O)N=C(N(CCCCCCCCN=C(NC(=O)OC(C)(C)C)NC(=O)OC(C)(C)C)C(=O)OC(C)(C)C)N(CCc1ccc(C2=NCCCN2C(=O)OC(C)(C)C)cc1)C(=O)OC(C)(C)C. The molecule has 20 heteroatoms. The number of ether oxygens (including phenoxy) is 6. The summed E-state index contributed by atoms with van der Waals surface area (Å²) in [4.78, 5) is 97.4. The number of unbranched alkanes of at least 4 members (excludes halogenated alkanes) is 5. The molecule has 1 aromatic carbocycles. The van der Waals surface area contributed by atoms with Crippen molar-refractivity contribution in [2.75, 3.05) is 32.7 Å². The topological polar surface area (TPSA) is 229 Å². The van der Waals surface area contributed by atoms with Crippen LogP contribution in [0.4, 0.5) is 28.8 Å². The highest BCUT2D eigenvalue weighted by atomic mass is 16.6. The Bertz CT molecular complexity index is 2050. The van der Waals surface area contributed by atoms with E-state index in [1.165, 1.54) is 9.80 Å². The van der Waals surface area contributed by atoms with Gasteiger partial charge in [-0.1, -0.05) is 49.9 Å². The highest BCUT2D eigenvalue weighted by Gasteiger charge is 2.36. The van der Waals surface area contributed by atoms with Crippen molar-refractivity contribution in [2.45, 2.75) is 210 Å². The first-order valence-corrected chi connectivity index (χ1v) is 24.9. The number of amidine groups is 1. The van der Waals surface area contributed by atoms with E-state index in [1.807, 2.05) is 45.0 Å². The molecule has 1 aliphatic heterocycles. The van der Waals surface area contributed by atoms with E-state index >= 15 is 0 Å². The minimum atomic E-state index is -1.03. The number of hydrogen-bond donors (Lipinski definition) is 2. The summed E-state index contributed by atoms with van der Waals surface area (Å²) in [6.45, 7) is 32.3. The zero-order valence-corrected chi connectivity index (χ0v) is 46.6. The van der Waals surface area contributed by atoms with E-state index < -0.39 is 70.2 Å². The molecule has 0 bridgehead atoms. The Balaban J connectivity index is 2.40. The average molecular weight is 1020 g/mol. The third kappa shape index (κ3) is 26.5. The molecule has 0 spiro atoms.